The van der Waals surface area contributed by atoms with Gasteiger partial charge in [-0.15, -0.1) is 0 Å². The van der Waals surface area contributed by atoms with Crippen molar-refractivity contribution in [3.8, 4) is 11.5 Å². The number of carbonyl (C=O) groups excluding carboxylic acids is 2. The van der Waals surface area contributed by atoms with Crippen LogP contribution in [0.5, 0.6) is 11.5 Å². The largest absolute Gasteiger partial charge is 0.494 e. The third-order valence-electron chi connectivity index (χ3n) is 4.19. The van der Waals surface area contributed by atoms with E-state index in [1.165, 1.54) is 0 Å². The van der Waals surface area contributed by atoms with Crippen molar-refractivity contribution >= 4 is 11.9 Å². The van der Waals surface area contributed by atoms with E-state index in [9.17, 15) is 9.59 Å². The van der Waals surface area contributed by atoms with Crippen molar-refractivity contribution in [2.75, 3.05) is 26.4 Å². The maximum absolute atomic E-state index is 13.3. The van der Waals surface area contributed by atoms with Crippen LogP contribution in [0.1, 0.15) is 43.1 Å². The van der Waals surface area contributed by atoms with Crippen LogP contribution in [0, 0.1) is 0 Å². The summed E-state index contributed by atoms with van der Waals surface area (Å²) in [4.78, 5) is 26.8. The molecule has 0 saturated heterocycles. The van der Waals surface area contributed by atoms with Gasteiger partial charge in [0.2, 0.25) is 0 Å². The first-order valence-electron chi connectivity index (χ1n) is 9.97. The number of esters is 1. The van der Waals surface area contributed by atoms with Crippen molar-refractivity contribution in [3.63, 3.8) is 0 Å². The number of nitrogens with zero attached hydrogens (tertiary/aromatic N) is 1. The monoisotopic (exact) mass is 399 g/mol. The van der Waals surface area contributed by atoms with Gasteiger partial charge in [-0.05, 0) is 38.5 Å². The van der Waals surface area contributed by atoms with Gasteiger partial charge in [0.1, 0.15) is 11.5 Å². The molecule has 0 atom stereocenters. The van der Waals surface area contributed by atoms with Crippen molar-refractivity contribution in [3.05, 3.63) is 59.7 Å². The zero-order valence-corrected chi connectivity index (χ0v) is 17.3. The molecule has 0 radical (unpaired) electrons. The molecule has 0 unspecified atom stereocenters. The fraction of sp³-hybridized carbons (Fsp3) is 0.391. The second-order valence-electron chi connectivity index (χ2n) is 6.29. The number of rotatable bonds is 11. The van der Waals surface area contributed by atoms with Gasteiger partial charge in [-0.2, -0.15) is 0 Å². The van der Waals surface area contributed by atoms with Crippen molar-refractivity contribution in [1.29, 1.82) is 0 Å². The van der Waals surface area contributed by atoms with Crippen LogP contribution in [0.3, 0.4) is 0 Å². The number of hydrogen-bond acceptors (Lipinski definition) is 5. The van der Waals surface area contributed by atoms with E-state index >= 15 is 0 Å². The van der Waals surface area contributed by atoms with Gasteiger partial charge in [0, 0.05) is 19.2 Å². The Balaban J connectivity index is 2.28. The third kappa shape index (κ3) is 6.82. The highest BCUT2D eigenvalue weighted by Gasteiger charge is 2.22. The van der Waals surface area contributed by atoms with E-state index in [1.807, 2.05) is 44.2 Å². The Labute approximate surface area is 172 Å². The molecule has 0 aliphatic heterocycles. The zero-order valence-electron chi connectivity index (χ0n) is 17.3. The van der Waals surface area contributed by atoms with Crippen molar-refractivity contribution in [1.82, 2.24) is 4.90 Å². The Kier molecular flexibility index (Phi) is 9.02. The molecule has 0 aliphatic carbocycles. The van der Waals surface area contributed by atoms with Crippen LogP contribution in [-0.4, -0.2) is 43.1 Å². The molecule has 156 valence electrons. The Hall–Kier alpha value is -3.02. The van der Waals surface area contributed by atoms with Gasteiger partial charge in [0.15, 0.2) is 0 Å². The number of hydrogen-bond donors (Lipinski definition) is 0. The number of benzene rings is 2. The van der Waals surface area contributed by atoms with Crippen molar-refractivity contribution in [2.24, 2.45) is 0 Å². The van der Waals surface area contributed by atoms with Gasteiger partial charge in [0.25, 0.3) is 5.91 Å². The molecule has 6 heteroatoms. The van der Waals surface area contributed by atoms with Crippen LogP contribution in [0.2, 0.25) is 0 Å². The summed E-state index contributed by atoms with van der Waals surface area (Å²) in [5.74, 6) is 0.589. The summed E-state index contributed by atoms with van der Waals surface area (Å²) >= 11 is 0. The predicted molar refractivity (Wildman–Crippen MR) is 111 cm³/mol. The van der Waals surface area contributed by atoms with E-state index in [0.717, 1.165) is 5.56 Å². The van der Waals surface area contributed by atoms with Gasteiger partial charge in [0.05, 0.1) is 31.8 Å². The lowest BCUT2D eigenvalue weighted by Gasteiger charge is -2.24. The molecule has 0 bridgehead atoms. The Morgan fingerprint density at radius 2 is 1.62 bits per heavy atom. The molecule has 0 fully saturated rings. The maximum atomic E-state index is 13.3. The summed E-state index contributed by atoms with van der Waals surface area (Å²) in [6.45, 7) is 7.44. The van der Waals surface area contributed by atoms with E-state index in [0.29, 0.717) is 43.4 Å². The second-order valence-corrected chi connectivity index (χ2v) is 6.29. The van der Waals surface area contributed by atoms with Gasteiger partial charge < -0.3 is 19.1 Å². The van der Waals surface area contributed by atoms with Crippen LogP contribution in [0.4, 0.5) is 0 Å². The van der Waals surface area contributed by atoms with Crippen LogP contribution in [-0.2, 0) is 16.1 Å². The summed E-state index contributed by atoms with van der Waals surface area (Å²) < 4.78 is 16.2. The molecule has 2 aromatic rings. The van der Waals surface area contributed by atoms with Gasteiger partial charge >= 0.3 is 5.97 Å². The second kappa shape index (κ2) is 11.7. The lowest BCUT2D eigenvalue weighted by Crippen LogP contribution is -2.33. The fourth-order valence-electron chi connectivity index (χ4n) is 2.90. The molecule has 0 heterocycles. The molecule has 0 spiro atoms. The molecule has 0 saturated carbocycles. The van der Waals surface area contributed by atoms with Crippen molar-refractivity contribution in [2.45, 2.75) is 33.7 Å². The molecule has 0 aromatic heterocycles. The summed E-state index contributed by atoms with van der Waals surface area (Å²) in [6, 6.07) is 14.9. The molecule has 1 amide bonds. The Morgan fingerprint density at radius 1 is 0.897 bits per heavy atom. The Morgan fingerprint density at radius 3 is 2.28 bits per heavy atom. The van der Waals surface area contributed by atoms with E-state index in [-0.39, 0.29) is 24.8 Å². The van der Waals surface area contributed by atoms with Crippen LogP contribution in [0.15, 0.2) is 48.5 Å². The molecule has 0 aliphatic rings. The first-order valence-corrected chi connectivity index (χ1v) is 9.97. The van der Waals surface area contributed by atoms with E-state index < -0.39 is 0 Å². The van der Waals surface area contributed by atoms with Crippen molar-refractivity contribution < 1.29 is 23.8 Å². The van der Waals surface area contributed by atoms with Gasteiger partial charge in [-0.1, -0.05) is 30.3 Å². The van der Waals surface area contributed by atoms with E-state index in [1.54, 1.807) is 30.0 Å². The van der Waals surface area contributed by atoms with Crippen LogP contribution >= 0.6 is 0 Å². The standard InChI is InChI=1S/C23H29NO5/c1-4-27-19-12-13-20(21(16-19)28-5-2)23(26)24(15-14-22(25)29-6-3)17-18-10-8-7-9-11-18/h7-13,16H,4-6,14-15,17H2,1-3H3. The maximum Gasteiger partial charge on any atom is 0.307 e. The molecule has 6 nitrogen and oxygen atoms in total. The minimum Gasteiger partial charge on any atom is -0.494 e. The third-order valence-corrected chi connectivity index (χ3v) is 4.19. The number of carbonyl (C=O) groups is 2. The Bertz CT molecular complexity index is 791. The summed E-state index contributed by atoms with van der Waals surface area (Å²) in [6.07, 6.45) is 0.132. The lowest BCUT2D eigenvalue weighted by atomic mass is 10.1. The van der Waals surface area contributed by atoms with Gasteiger partial charge in [-0.25, -0.2) is 0 Å². The minimum absolute atomic E-state index is 0.132. The smallest absolute Gasteiger partial charge is 0.307 e. The van der Waals surface area contributed by atoms with Crippen LogP contribution < -0.4 is 9.47 Å². The molecule has 29 heavy (non-hydrogen) atoms. The summed E-state index contributed by atoms with van der Waals surface area (Å²) in [5.41, 5.74) is 1.42. The average Bonchev–Trinajstić information content (AvgIpc) is 2.72. The molecule has 2 rings (SSSR count). The topological polar surface area (TPSA) is 65.1 Å². The highest BCUT2D eigenvalue weighted by molar-refractivity contribution is 5.97. The molecule has 2 aromatic carbocycles. The van der Waals surface area contributed by atoms with Crippen LogP contribution in [0.25, 0.3) is 0 Å². The molecular weight excluding hydrogens is 370 g/mol. The number of ether oxygens (including phenoxy) is 3. The van der Waals surface area contributed by atoms with Gasteiger partial charge in [-0.3, -0.25) is 9.59 Å². The first-order chi connectivity index (χ1) is 14.1. The molecule has 0 N–H and O–H groups in total. The molecular formula is C23H29NO5. The summed E-state index contributed by atoms with van der Waals surface area (Å²) in [5, 5.41) is 0. The predicted octanol–water partition coefficient (Wildman–Crippen LogP) is 4.08. The van der Waals surface area contributed by atoms with E-state index in [4.69, 9.17) is 14.2 Å². The minimum atomic E-state index is -0.324. The average molecular weight is 399 g/mol. The quantitative estimate of drug-likeness (QED) is 0.533. The SMILES string of the molecule is CCOC(=O)CCN(Cc1ccccc1)C(=O)c1ccc(OCC)cc1OCC. The number of amides is 1. The normalized spacial score (nSPS) is 10.3. The highest BCUT2D eigenvalue weighted by atomic mass is 16.5. The first kappa shape index (κ1) is 22.3. The lowest BCUT2D eigenvalue weighted by molar-refractivity contribution is -0.143. The fourth-order valence-corrected chi connectivity index (χ4v) is 2.90. The zero-order chi connectivity index (χ0) is 21.1. The highest BCUT2D eigenvalue weighted by Crippen LogP contribution is 2.27. The van der Waals surface area contributed by atoms with E-state index in [2.05, 4.69) is 0 Å². The summed E-state index contributed by atoms with van der Waals surface area (Å²) in [7, 11) is 0.